The Kier molecular flexibility index (Phi) is 8.93. The van der Waals surface area contributed by atoms with Gasteiger partial charge in [0.1, 0.15) is 0 Å². The normalized spacial score (nSPS) is 10.1. The number of benzene rings is 1. The first-order valence-electron chi connectivity index (χ1n) is 7.70. The molecule has 0 aliphatic heterocycles. The molecule has 0 bridgehead atoms. The van der Waals surface area contributed by atoms with Crippen LogP contribution >= 0.6 is 0 Å². The van der Waals surface area contributed by atoms with Crippen LogP contribution in [0.25, 0.3) is 0 Å². The zero-order valence-corrected chi connectivity index (χ0v) is 12.7. The molecule has 0 saturated heterocycles. The quantitative estimate of drug-likeness (QED) is 0.383. The van der Waals surface area contributed by atoms with E-state index in [1.165, 1.54) is 25.7 Å². The van der Waals surface area contributed by atoms with Crippen molar-refractivity contribution < 1.29 is 19.4 Å². The van der Waals surface area contributed by atoms with Crippen LogP contribution < -0.4 is 0 Å². The van der Waals surface area contributed by atoms with Crippen LogP contribution in [0.3, 0.4) is 0 Å². The molecule has 4 heteroatoms. The van der Waals surface area contributed by atoms with Gasteiger partial charge in [-0.05, 0) is 18.6 Å². The monoisotopic (exact) mass is 292 g/mol. The summed E-state index contributed by atoms with van der Waals surface area (Å²) in [7, 11) is 0. The van der Waals surface area contributed by atoms with Crippen molar-refractivity contribution in [1.82, 2.24) is 0 Å². The van der Waals surface area contributed by atoms with Crippen LogP contribution in [0.2, 0.25) is 0 Å². The van der Waals surface area contributed by atoms with Crippen molar-refractivity contribution in [2.24, 2.45) is 0 Å². The lowest BCUT2D eigenvalue weighted by molar-refractivity contribution is -0.234. The minimum Gasteiger partial charge on any atom is -0.247 e. The van der Waals surface area contributed by atoms with Crippen molar-refractivity contribution >= 4 is 11.9 Å². The SMILES string of the molecule is CCCCCCCCCC(=O)OOC(=O)c1ccccc1. The number of hydrogen-bond donors (Lipinski definition) is 0. The highest BCUT2D eigenvalue weighted by Crippen LogP contribution is 2.09. The first-order chi connectivity index (χ1) is 10.2. The molecule has 0 atom stereocenters. The molecule has 116 valence electrons. The van der Waals surface area contributed by atoms with E-state index in [1.807, 2.05) is 0 Å². The first-order valence-corrected chi connectivity index (χ1v) is 7.70. The van der Waals surface area contributed by atoms with Crippen LogP contribution in [-0.2, 0) is 14.6 Å². The summed E-state index contributed by atoms with van der Waals surface area (Å²) in [5, 5.41) is 0. The van der Waals surface area contributed by atoms with Gasteiger partial charge in [-0.15, -0.1) is 0 Å². The molecule has 0 saturated carbocycles. The molecule has 0 N–H and O–H groups in total. The number of rotatable bonds is 9. The van der Waals surface area contributed by atoms with E-state index in [-0.39, 0.29) is 6.42 Å². The zero-order valence-electron chi connectivity index (χ0n) is 12.7. The lowest BCUT2D eigenvalue weighted by Gasteiger charge is -2.03. The molecule has 1 rings (SSSR count). The van der Waals surface area contributed by atoms with E-state index in [4.69, 9.17) is 0 Å². The second kappa shape index (κ2) is 10.9. The third-order valence-electron chi connectivity index (χ3n) is 3.20. The zero-order chi connectivity index (χ0) is 15.3. The van der Waals surface area contributed by atoms with Crippen molar-refractivity contribution in [3.8, 4) is 0 Å². The van der Waals surface area contributed by atoms with Gasteiger partial charge in [0.15, 0.2) is 0 Å². The summed E-state index contributed by atoms with van der Waals surface area (Å²) < 4.78 is 0. The molecule has 0 aromatic heterocycles. The Morgan fingerprint density at radius 2 is 1.48 bits per heavy atom. The standard InChI is InChI=1S/C17H24O4/c1-2-3-4-5-6-7-11-14-16(18)20-21-17(19)15-12-9-8-10-13-15/h8-10,12-13H,2-7,11,14H2,1H3. The largest absolute Gasteiger partial charge is 0.386 e. The summed E-state index contributed by atoms with van der Waals surface area (Å²) in [5.74, 6) is -1.14. The summed E-state index contributed by atoms with van der Waals surface area (Å²) in [6, 6.07) is 8.44. The van der Waals surface area contributed by atoms with Gasteiger partial charge >= 0.3 is 11.9 Å². The van der Waals surface area contributed by atoms with Crippen LogP contribution in [0.15, 0.2) is 30.3 Å². The predicted molar refractivity (Wildman–Crippen MR) is 80.6 cm³/mol. The van der Waals surface area contributed by atoms with E-state index < -0.39 is 11.9 Å². The summed E-state index contributed by atoms with van der Waals surface area (Å²) >= 11 is 0. The Labute approximate surface area is 126 Å². The maximum absolute atomic E-state index is 11.5. The number of unbranched alkanes of at least 4 members (excludes halogenated alkanes) is 6. The summed E-state index contributed by atoms with van der Waals surface area (Å²) in [6.45, 7) is 2.19. The van der Waals surface area contributed by atoms with E-state index >= 15 is 0 Å². The Hall–Kier alpha value is -1.84. The Bertz CT molecular complexity index is 414. The topological polar surface area (TPSA) is 52.6 Å². The van der Waals surface area contributed by atoms with E-state index in [1.54, 1.807) is 30.3 Å². The molecular formula is C17H24O4. The predicted octanol–water partition coefficient (Wildman–Crippen LogP) is 4.44. The van der Waals surface area contributed by atoms with Crippen LogP contribution in [0.4, 0.5) is 0 Å². The molecule has 0 spiro atoms. The van der Waals surface area contributed by atoms with Gasteiger partial charge in [-0.25, -0.2) is 19.4 Å². The Balaban J connectivity index is 2.05. The Morgan fingerprint density at radius 3 is 2.14 bits per heavy atom. The maximum atomic E-state index is 11.5. The van der Waals surface area contributed by atoms with Gasteiger partial charge in [-0.2, -0.15) is 0 Å². The van der Waals surface area contributed by atoms with Crippen LogP contribution in [0, 0.1) is 0 Å². The third-order valence-corrected chi connectivity index (χ3v) is 3.20. The minimum absolute atomic E-state index is 0.288. The van der Waals surface area contributed by atoms with Gasteiger partial charge in [0.2, 0.25) is 0 Å². The van der Waals surface area contributed by atoms with E-state index in [2.05, 4.69) is 16.7 Å². The number of carbonyl (C=O) groups is 2. The highest BCUT2D eigenvalue weighted by Gasteiger charge is 2.11. The maximum Gasteiger partial charge on any atom is 0.386 e. The van der Waals surface area contributed by atoms with Crippen molar-refractivity contribution in [3.63, 3.8) is 0 Å². The average Bonchev–Trinajstić information content (AvgIpc) is 2.52. The summed E-state index contributed by atoms with van der Waals surface area (Å²) in [4.78, 5) is 32.0. The number of hydrogen-bond acceptors (Lipinski definition) is 4. The van der Waals surface area contributed by atoms with Crippen molar-refractivity contribution in [2.45, 2.75) is 58.3 Å². The van der Waals surface area contributed by atoms with Gasteiger partial charge in [-0.3, -0.25) is 0 Å². The summed E-state index contributed by atoms with van der Waals surface area (Å²) in [6.07, 6.45) is 8.18. The molecule has 0 aliphatic rings. The van der Waals surface area contributed by atoms with Crippen molar-refractivity contribution in [3.05, 3.63) is 35.9 Å². The van der Waals surface area contributed by atoms with Crippen LogP contribution in [0.5, 0.6) is 0 Å². The molecule has 0 unspecified atom stereocenters. The van der Waals surface area contributed by atoms with E-state index in [9.17, 15) is 9.59 Å². The number of carbonyl (C=O) groups excluding carboxylic acids is 2. The van der Waals surface area contributed by atoms with E-state index in [0.29, 0.717) is 5.56 Å². The highest BCUT2D eigenvalue weighted by atomic mass is 17.2. The van der Waals surface area contributed by atoms with Crippen LogP contribution in [0.1, 0.15) is 68.6 Å². The molecule has 21 heavy (non-hydrogen) atoms. The highest BCUT2D eigenvalue weighted by molar-refractivity contribution is 5.89. The fraction of sp³-hybridized carbons (Fsp3) is 0.529. The summed E-state index contributed by atoms with van der Waals surface area (Å²) in [5.41, 5.74) is 0.362. The van der Waals surface area contributed by atoms with E-state index in [0.717, 1.165) is 19.3 Å². The third kappa shape index (κ3) is 8.12. The first kappa shape index (κ1) is 17.2. The minimum atomic E-state index is -0.650. The fourth-order valence-electron chi connectivity index (χ4n) is 1.97. The van der Waals surface area contributed by atoms with Gasteiger partial charge in [0.25, 0.3) is 0 Å². The van der Waals surface area contributed by atoms with Crippen molar-refractivity contribution in [2.75, 3.05) is 0 Å². The van der Waals surface area contributed by atoms with Gasteiger partial charge < -0.3 is 0 Å². The molecule has 0 amide bonds. The molecule has 4 nitrogen and oxygen atoms in total. The lowest BCUT2D eigenvalue weighted by Crippen LogP contribution is -2.11. The molecule has 0 aliphatic carbocycles. The smallest absolute Gasteiger partial charge is 0.247 e. The fourth-order valence-corrected chi connectivity index (χ4v) is 1.97. The molecule has 0 radical (unpaired) electrons. The second-order valence-corrected chi connectivity index (χ2v) is 5.06. The van der Waals surface area contributed by atoms with Gasteiger partial charge in [0.05, 0.1) is 12.0 Å². The lowest BCUT2D eigenvalue weighted by atomic mass is 10.1. The molecule has 0 heterocycles. The Morgan fingerprint density at radius 1 is 0.857 bits per heavy atom. The van der Waals surface area contributed by atoms with Crippen LogP contribution in [-0.4, -0.2) is 11.9 Å². The molecule has 1 aromatic carbocycles. The molecular weight excluding hydrogens is 268 g/mol. The molecule has 0 fully saturated rings. The van der Waals surface area contributed by atoms with Gasteiger partial charge in [-0.1, -0.05) is 63.6 Å². The molecule has 1 aromatic rings. The average molecular weight is 292 g/mol. The second-order valence-electron chi connectivity index (χ2n) is 5.06. The van der Waals surface area contributed by atoms with Crippen molar-refractivity contribution in [1.29, 1.82) is 0 Å². The van der Waals surface area contributed by atoms with Gasteiger partial charge in [0, 0.05) is 0 Å².